The maximum Gasteiger partial charge on any atom is 0.198 e. The second-order valence-corrected chi connectivity index (χ2v) is 8.13. The van der Waals surface area contributed by atoms with E-state index in [0.717, 1.165) is 31.9 Å². The molecule has 1 saturated carbocycles. The van der Waals surface area contributed by atoms with E-state index in [1.54, 1.807) is 18.2 Å². The topological polar surface area (TPSA) is 72.0 Å². The molecule has 1 aliphatic rings. The van der Waals surface area contributed by atoms with Crippen LogP contribution in [0.3, 0.4) is 0 Å². The van der Waals surface area contributed by atoms with Crippen molar-refractivity contribution >= 4 is 38.3 Å². The van der Waals surface area contributed by atoms with Crippen LogP contribution in [0.4, 0.5) is 5.82 Å². The van der Waals surface area contributed by atoms with Crippen molar-refractivity contribution in [3.05, 3.63) is 23.2 Å². The lowest BCUT2D eigenvalue weighted by atomic mass is 9.95. The van der Waals surface area contributed by atoms with Gasteiger partial charge in [0.25, 0.3) is 0 Å². The summed E-state index contributed by atoms with van der Waals surface area (Å²) in [6.07, 6.45) is 6.75. The van der Waals surface area contributed by atoms with Gasteiger partial charge in [-0.25, -0.2) is 18.4 Å². The molecule has 1 aliphatic carbocycles. The maximum absolute atomic E-state index is 12.0. The first-order valence-corrected chi connectivity index (χ1v) is 9.64. The molecule has 1 N–H and O–H groups in total. The summed E-state index contributed by atoms with van der Waals surface area (Å²) in [6, 6.07) is 5.31. The van der Waals surface area contributed by atoms with Gasteiger partial charge in [0.05, 0.1) is 11.0 Å². The zero-order chi connectivity index (χ0) is 15.7. The lowest BCUT2D eigenvalue weighted by Crippen LogP contribution is -2.24. The Labute approximate surface area is 135 Å². The van der Waals surface area contributed by atoms with Crippen LogP contribution in [-0.2, 0) is 9.84 Å². The Morgan fingerprint density at radius 2 is 1.86 bits per heavy atom. The third-order valence-corrected chi connectivity index (χ3v) is 5.11. The first-order valence-electron chi connectivity index (χ1n) is 7.37. The number of benzene rings is 1. The SMILES string of the molecule is CS(=O)(=O)c1nc2ccc(Cl)cc2nc1NC1CCCCC1. The first-order chi connectivity index (χ1) is 10.4. The Balaban J connectivity index is 2.08. The normalized spacial score (nSPS) is 16.8. The zero-order valence-electron chi connectivity index (χ0n) is 12.3. The third kappa shape index (κ3) is 3.33. The van der Waals surface area contributed by atoms with Crippen LogP contribution < -0.4 is 5.32 Å². The predicted octanol–water partition coefficient (Wildman–Crippen LogP) is 3.43. The van der Waals surface area contributed by atoms with E-state index >= 15 is 0 Å². The number of halogens is 1. The highest BCUT2D eigenvalue weighted by Crippen LogP contribution is 2.27. The van der Waals surface area contributed by atoms with Crippen LogP contribution in [0.5, 0.6) is 0 Å². The number of fused-ring (bicyclic) bond motifs is 1. The van der Waals surface area contributed by atoms with Crippen molar-refractivity contribution in [2.75, 3.05) is 11.6 Å². The molecule has 0 atom stereocenters. The van der Waals surface area contributed by atoms with Gasteiger partial charge in [-0.15, -0.1) is 0 Å². The van der Waals surface area contributed by atoms with E-state index in [1.807, 2.05) is 0 Å². The Morgan fingerprint density at radius 1 is 1.14 bits per heavy atom. The number of hydrogen-bond donors (Lipinski definition) is 1. The van der Waals surface area contributed by atoms with Crippen LogP contribution in [0.2, 0.25) is 5.02 Å². The van der Waals surface area contributed by atoms with E-state index in [2.05, 4.69) is 15.3 Å². The fourth-order valence-corrected chi connectivity index (χ4v) is 3.69. The van der Waals surface area contributed by atoms with Crippen LogP contribution in [0.1, 0.15) is 32.1 Å². The highest BCUT2D eigenvalue weighted by molar-refractivity contribution is 7.90. The summed E-state index contributed by atoms with van der Waals surface area (Å²) < 4.78 is 24.1. The van der Waals surface area contributed by atoms with Gasteiger partial charge in [0, 0.05) is 17.3 Å². The monoisotopic (exact) mass is 339 g/mol. The fourth-order valence-electron chi connectivity index (χ4n) is 2.80. The van der Waals surface area contributed by atoms with E-state index in [0.29, 0.717) is 21.9 Å². The van der Waals surface area contributed by atoms with Gasteiger partial charge in [0.2, 0.25) is 0 Å². The van der Waals surface area contributed by atoms with Crippen LogP contribution in [0.15, 0.2) is 23.2 Å². The molecule has 1 aromatic carbocycles. The van der Waals surface area contributed by atoms with Gasteiger partial charge >= 0.3 is 0 Å². The predicted molar refractivity (Wildman–Crippen MR) is 88.2 cm³/mol. The smallest absolute Gasteiger partial charge is 0.198 e. The molecule has 1 heterocycles. The van der Waals surface area contributed by atoms with Gasteiger partial charge in [-0.05, 0) is 31.0 Å². The minimum Gasteiger partial charge on any atom is -0.365 e. The molecule has 7 heteroatoms. The zero-order valence-corrected chi connectivity index (χ0v) is 13.9. The number of anilines is 1. The molecule has 3 rings (SSSR count). The fraction of sp³-hybridized carbons (Fsp3) is 0.467. The van der Waals surface area contributed by atoms with Crippen LogP contribution in [0, 0.1) is 0 Å². The number of sulfone groups is 1. The molecule has 5 nitrogen and oxygen atoms in total. The van der Waals surface area contributed by atoms with Gasteiger partial charge in [-0.2, -0.15) is 0 Å². The average molecular weight is 340 g/mol. The van der Waals surface area contributed by atoms with Crippen LogP contribution in [0.25, 0.3) is 11.0 Å². The lowest BCUT2D eigenvalue weighted by molar-refractivity contribution is 0.461. The molecule has 0 unspecified atom stereocenters. The van der Waals surface area contributed by atoms with E-state index in [4.69, 9.17) is 11.6 Å². The average Bonchev–Trinajstić information content (AvgIpc) is 2.46. The Kier molecular flexibility index (Phi) is 4.23. The minimum atomic E-state index is -3.45. The van der Waals surface area contributed by atoms with Crippen LogP contribution >= 0.6 is 11.6 Å². The molecule has 118 valence electrons. The second kappa shape index (κ2) is 6.01. The molecule has 0 amide bonds. The number of rotatable bonds is 3. The van der Waals surface area contributed by atoms with Gasteiger partial charge in [-0.3, -0.25) is 0 Å². The van der Waals surface area contributed by atoms with Crippen molar-refractivity contribution in [2.24, 2.45) is 0 Å². The van der Waals surface area contributed by atoms with Crippen molar-refractivity contribution in [3.8, 4) is 0 Å². The molecular formula is C15H18ClN3O2S. The Morgan fingerprint density at radius 3 is 2.55 bits per heavy atom. The van der Waals surface area contributed by atoms with Crippen LogP contribution in [-0.4, -0.2) is 30.7 Å². The van der Waals surface area contributed by atoms with E-state index < -0.39 is 9.84 Å². The molecule has 0 spiro atoms. The second-order valence-electron chi connectivity index (χ2n) is 5.76. The molecule has 22 heavy (non-hydrogen) atoms. The van der Waals surface area contributed by atoms with E-state index in [9.17, 15) is 8.42 Å². The Bertz CT molecular complexity index is 802. The summed E-state index contributed by atoms with van der Waals surface area (Å²) in [7, 11) is -3.45. The summed E-state index contributed by atoms with van der Waals surface area (Å²) in [4.78, 5) is 8.74. The Hall–Kier alpha value is -1.40. The van der Waals surface area contributed by atoms with Crippen molar-refractivity contribution < 1.29 is 8.42 Å². The highest BCUT2D eigenvalue weighted by Gasteiger charge is 2.22. The summed E-state index contributed by atoms with van der Waals surface area (Å²) >= 11 is 5.99. The summed E-state index contributed by atoms with van der Waals surface area (Å²) in [5, 5.41) is 3.83. The molecule has 1 fully saturated rings. The molecular weight excluding hydrogens is 322 g/mol. The number of nitrogens with one attached hydrogen (secondary N) is 1. The van der Waals surface area contributed by atoms with Crippen molar-refractivity contribution in [3.63, 3.8) is 0 Å². The first kappa shape index (κ1) is 15.5. The highest BCUT2D eigenvalue weighted by atomic mass is 35.5. The van der Waals surface area contributed by atoms with Crippen molar-refractivity contribution in [1.29, 1.82) is 0 Å². The van der Waals surface area contributed by atoms with E-state index in [1.165, 1.54) is 6.42 Å². The summed E-state index contributed by atoms with van der Waals surface area (Å²) in [5.41, 5.74) is 1.12. The maximum atomic E-state index is 12.0. The number of hydrogen-bond acceptors (Lipinski definition) is 5. The van der Waals surface area contributed by atoms with Gasteiger partial charge < -0.3 is 5.32 Å². The third-order valence-electron chi connectivity index (χ3n) is 3.89. The van der Waals surface area contributed by atoms with Gasteiger partial charge in [0.1, 0.15) is 0 Å². The van der Waals surface area contributed by atoms with E-state index in [-0.39, 0.29) is 11.1 Å². The lowest BCUT2D eigenvalue weighted by Gasteiger charge is -2.24. The minimum absolute atomic E-state index is 0.00731. The van der Waals surface area contributed by atoms with Crippen molar-refractivity contribution in [2.45, 2.75) is 43.2 Å². The molecule has 0 aliphatic heterocycles. The van der Waals surface area contributed by atoms with Gasteiger partial charge in [-0.1, -0.05) is 30.9 Å². The standard InChI is InChI=1S/C15H18ClN3O2S/c1-22(20,21)15-14(17-11-5-3-2-4-6-11)18-13-9-10(16)7-8-12(13)19-15/h7-9,11H,2-6H2,1H3,(H,17,18). The molecule has 0 bridgehead atoms. The number of aromatic nitrogens is 2. The summed E-state index contributed by atoms with van der Waals surface area (Å²) in [6.45, 7) is 0. The molecule has 1 aromatic heterocycles. The summed E-state index contributed by atoms with van der Waals surface area (Å²) in [5.74, 6) is 0.337. The molecule has 2 aromatic rings. The quantitative estimate of drug-likeness (QED) is 0.927. The molecule has 0 radical (unpaired) electrons. The number of nitrogens with zero attached hydrogens (tertiary/aromatic N) is 2. The molecule has 0 saturated heterocycles. The van der Waals surface area contributed by atoms with Crippen molar-refractivity contribution in [1.82, 2.24) is 9.97 Å². The van der Waals surface area contributed by atoms with Gasteiger partial charge in [0.15, 0.2) is 20.7 Å². The largest absolute Gasteiger partial charge is 0.365 e.